The van der Waals surface area contributed by atoms with Crippen molar-refractivity contribution in [3.63, 3.8) is 0 Å². The number of aromatic nitrogens is 6. The SMILES string of the molecule is c1cncc(-c2cn3nc(Nc4ccc5c(c4)nc4n5CCCCC4)sc3n2)c1. The average molecular weight is 401 g/mol. The Morgan fingerprint density at radius 1 is 1.07 bits per heavy atom. The molecule has 0 radical (unpaired) electrons. The van der Waals surface area contributed by atoms with Crippen molar-refractivity contribution < 1.29 is 0 Å². The fraction of sp³-hybridized carbons (Fsp3) is 0.238. The lowest BCUT2D eigenvalue weighted by Gasteiger charge is -2.05. The van der Waals surface area contributed by atoms with Crippen molar-refractivity contribution in [3.8, 4) is 11.3 Å². The van der Waals surface area contributed by atoms with E-state index in [1.807, 2.05) is 29.0 Å². The van der Waals surface area contributed by atoms with Crippen LogP contribution in [0.4, 0.5) is 10.8 Å². The molecule has 0 aliphatic carbocycles. The summed E-state index contributed by atoms with van der Waals surface area (Å²) in [5, 5.41) is 8.85. The first kappa shape index (κ1) is 16.7. The van der Waals surface area contributed by atoms with E-state index in [-0.39, 0.29) is 0 Å². The summed E-state index contributed by atoms with van der Waals surface area (Å²) in [5.74, 6) is 1.21. The molecular formula is C21H19N7S. The molecule has 8 heteroatoms. The van der Waals surface area contributed by atoms with Crippen LogP contribution in [0, 0.1) is 0 Å². The number of benzene rings is 1. The van der Waals surface area contributed by atoms with Crippen LogP contribution in [0.3, 0.4) is 0 Å². The summed E-state index contributed by atoms with van der Waals surface area (Å²) in [6, 6.07) is 10.3. The first-order chi connectivity index (χ1) is 14.3. The molecular weight excluding hydrogens is 382 g/mol. The Morgan fingerprint density at radius 2 is 2.07 bits per heavy atom. The Hall–Kier alpha value is -3.26. The molecule has 5 aromatic rings. The van der Waals surface area contributed by atoms with Gasteiger partial charge < -0.3 is 9.88 Å². The second kappa shape index (κ2) is 6.66. The lowest BCUT2D eigenvalue weighted by Crippen LogP contribution is -2.00. The van der Waals surface area contributed by atoms with E-state index in [0.717, 1.165) is 45.5 Å². The minimum atomic E-state index is 0.811. The summed E-state index contributed by atoms with van der Waals surface area (Å²) in [7, 11) is 0. The number of anilines is 2. The molecule has 7 nitrogen and oxygen atoms in total. The maximum absolute atomic E-state index is 4.88. The standard InChI is InChI=1S/C21H19N7S/c1-2-6-19-24-16-11-15(7-8-18(16)27(19)10-3-1)23-20-26-28-13-17(25-21(28)29-20)14-5-4-9-22-12-14/h4-5,7-9,11-13H,1-3,6,10H2,(H,23,26). The third-order valence-corrected chi connectivity index (χ3v) is 6.20. The first-order valence-corrected chi connectivity index (χ1v) is 10.7. The Labute approximate surface area is 171 Å². The van der Waals surface area contributed by atoms with Crippen LogP contribution < -0.4 is 5.32 Å². The van der Waals surface area contributed by atoms with Crippen molar-refractivity contribution in [2.24, 2.45) is 0 Å². The maximum Gasteiger partial charge on any atom is 0.214 e. The molecule has 5 heterocycles. The lowest BCUT2D eigenvalue weighted by atomic mass is 10.2. The van der Waals surface area contributed by atoms with Gasteiger partial charge in [-0.15, -0.1) is 5.10 Å². The third-order valence-electron chi connectivity index (χ3n) is 5.36. The summed E-state index contributed by atoms with van der Waals surface area (Å²) in [5.41, 5.74) is 5.14. The van der Waals surface area contributed by atoms with Gasteiger partial charge in [0.05, 0.1) is 22.9 Å². The van der Waals surface area contributed by atoms with E-state index in [2.05, 4.69) is 43.1 Å². The van der Waals surface area contributed by atoms with E-state index in [0.29, 0.717) is 0 Å². The molecule has 0 amide bonds. The average Bonchev–Trinajstić information content (AvgIpc) is 3.34. The molecule has 6 rings (SSSR count). The third kappa shape index (κ3) is 2.96. The zero-order valence-electron chi connectivity index (χ0n) is 15.7. The van der Waals surface area contributed by atoms with Crippen molar-refractivity contribution in [3.05, 3.63) is 54.7 Å². The number of pyridine rings is 1. The van der Waals surface area contributed by atoms with E-state index in [4.69, 9.17) is 4.98 Å². The summed E-state index contributed by atoms with van der Waals surface area (Å²) >= 11 is 1.53. The topological polar surface area (TPSA) is 72.9 Å². The summed E-state index contributed by atoms with van der Waals surface area (Å²) in [4.78, 5) is 14.6. The van der Waals surface area contributed by atoms with Gasteiger partial charge in [0.1, 0.15) is 5.82 Å². The fourth-order valence-electron chi connectivity index (χ4n) is 3.96. The number of hydrogen-bond donors (Lipinski definition) is 1. The van der Waals surface area contributed by atoms with Crippen LogP contribution in [0.5, 0.6) is 0 Å². The molecule has 0 spiro atoms. The van der Waals surface area contributed by atoms with Crippen molar-refractivity contribution in [1.82, 2.24) is 29.1 Å². The zero-order valence-corrected chi connectivity index (χ0v) is 16.6. The summed E-state index contributed by atoms with van der Waals surface area (Å²) < 4.78 is 4.19. The summed E-state index contributed by atoms with van der Waals surface area (Å²) in [6.45, 7) is 1.07. The van der Waals surface area contributed by atoms with E-state index in [1.54, 1.807) is 6.20 Å². The number of imidazole rings is 2. The van der Waals surface area contributed by atoms with Crippen LogP contribution in [-0.2, 0) is 13.0 Å². The molecule has 0 saturated heterocycles. The normalized spacial score (nSPS) is 14.2. The Bertz CT molecular complexity index is 1280. The molecule has 0 bridgehead atoms. The van der Waals surface area contributed by atoms with E-state index in [1.165, 1.54) is 41.9 Å². The van der Waals surface area contributed by atoms with Gasteiger partial charge in [0.15, 0.2) is 0 Å². The Kier molecular flexibility index (Phi) is 3.83. The molecule has 4 aromatic heterocycles. The number of aryl methyl sites for hydroxylation is 2. The largest absolute Gasteiger partial charge is 0.330 e. The smallest absolute Gasteiger partial charge is 0.214 e. The van der Waals surface area contributed by atoms with Gasteiger partial charge in [-0.25, -0.2) is 14.5 Å². The van der Waals surface area contributed by atoms with Gasteiger partial charge >= 0.3 is 0 Å². The van der Waals surface area contributed by atoms with Gasteiger partial charge in [-0.1, -0.05) is 17.8 Å². The predicted molar refractivity (Wildman–Crippen MR) is 115 cm³/mol. The Morgan fingerprint density at radius 3 is 2.97 bits per heavy atom. The van der Waals surface area contributed by atoms with Gasteiger partial charge in [0, 0.05) is 36.6 Å². The molecule has 0 unspecified atom stereocenters. The first-order valence-electron chi connectivity index (χ1n) is 9.86. The molecule has 1 aliphatic rings. The van der Waals surface area contributed by atoms with E-state index < -0.39 is 0 Å². The predicted octanol–water partition coefficient (Wildman–Crippen LogP) is 4.67. The van der Waals surface area contributed by atoms with Crippen molar-refractivity contribution >= 4 is 38.2 Å². The van der Waals surface area contributed by atoms with Crippen LogP contribution in [0.2, 0.25) is 0 Å². The van der Waals surface area contributed by atoms with Crippen LogP contribution in [0.1, 0.15) is 25.1 Å². The van der Waals surface area contributed by atoms with Gasteiger partial charge in [-0.2, -0.15) is 0 Å². The molecule has 0 fully saturated rings. The van der Waals surface area contributed by atoms with Crippen LogP contribution >= 0.6 is 11.3 Å². The highest BCUT2D eigenvalue weighted by Crippen LogP contribution is 2.29. The second-order valence-corrected chi connectivity index (χ2v) is 8.28. The van der Waals surface area contributed by atoms with Crippen molar-refractivity contribution in [2.45, 2.75) is 32.2 Å². The molecule has 144 valence electrons. The lowest BCUT2D eigenvalue weighted by molar-refractivity contribution is 0.647. The van der Waals surface area contributed by atoms with Gasteiger partial charge in [-0.05, 0) is 43.2 Å². The number of rotatable bonds is 3. The highest BCUT2D eigenvalue weighted by atomic mass is 32.1. The Balaban J connectivity index is 1.29. The van der Waals surface area contributed by atoms with Crippen molar-refractivity contribution in [2.75, 3.05) is 5.32 Å². The van der Waals surface area contributed by atoms with E-state index >= 15 is 0 Å². The minimum Gasteiger partial charge on any atom is -0.330 e. The maximum atomic E-state index is 4.88. The monoisotopic (exact) mass is 401 g/mol. The zero-order chi connectivity index (χ0) is 19.2. The molecule has 0 atom stereocenters. The molecule has 0 saturated carbocycles. The quantitative estimate of drug-likeness (QED) is 0.475. The van der Waals surface area contributed by atoms with Crippen LogP contribution in [0.25, 0.3) is 27.3 Å². The highest BCUT2D eigenvalue weighted by molar-refractivity contribution is 7.20. The molecule has 1 aliphatic heterocycles. The molecule has 1 aromatic carbocycles. The van der Waals surface area contributed by atoms with Crippen LogP contribution in [-0.4, -0.2) is 29.1 Å². The fourth-order valence-corrected chi connectivity index (χ4v) is 4.76. The van der Waals surface area contributed by atoms with Crippen molar-refractivity contribution in [1.29, 1.82) is 0 Å². The highest BCUT2D eigenvalue weighted by Gasteiger charge is 2.14. The number of nitrogens with zero attached hydrogens (tertiary/aromatic N) is 6. The van der Waals surface area contributed by atoms with Crippen LogP contribution in [0.15, 0.2) is 48.9 Å². The van der Waals surface area contributed by atoms with Gasteiger partial charge in [0.2, 0.25) is 10.1 Å². The van der Waals surface area contributed by atoms with Gasteiger partial charge in [-0.3, -0.25) is 4.98 Å². The van der Waals surface area contributed by atoms with E-state index in [9.17, 15) is 0 Å². The molecule has 1 N–H and O–H groups in total. The summed E-state index contributed by atoms with van der Waals surface area (Å²) in [6.07, 6.45) is 10.3. The number of fused-ring (bicyclic) bond motifs is 4. The number of nitrogens with one attached hydrogen (secondary N) is 1. The van der Waals surface area contributed by atoms with Gasteiger partial charge in [0.25, 0.3) is 0 Å². The second-order valence-electron chi connectivity index (χ2n) is 7.32. The molecule has 29 heavy (non-hydrogen) atoms. The minimum absolute atomic E-state index is 0.811. The number of hydrogen-bond acceptors (Lipinski definition) is 6.